The van der Waals surface area contributed by atoms with E-state index in [0.29, 0.717) is 12.2 Å². The van der Waals surface area contributed by atoms with Gasteiger partial charge in [-0.3, -0.25) is 4.99 Å². The molecule has 2 aromatic carbocycles. The first-order chi connectivity index (χ1) is 14.8. The summed E-state index contributed by atoms with van der Waals surface area (Å²) >= 11 is 0. The second-order valence-corrected chi connectivity index (χ2v) is 8.41. The van der Waals surface area contributed by atoms with Gasteiger partial charge < -0.3 is 19.7 Å². The number of guanidine groups is 1. The molecule has 5 nitrogen and oxygen atoms in total. The number of likely N-dealkylation sites (tertiary alicyclic amines) is 1. The number of ether oxygens (including phenoxy) is 2. The Morgan fingerprint density at radius 1 is 1.10 bits per heavy atom. The van der Waals surface area contributed by atoms with Gasteiger partial charge in [0.25, 0.3) is 0 Å². The summed E-state index contributed by atoms with van der Waals surface area (Å²) in [4.78, 5) is 6.87. The Hall–Kier alpha value is -2.11. The van der Waals surface area contributed by atoms with E-state index < -0.39 is 0 Å². The van der Waals surface area contributed by atoms with Gasteiger partial charge in [0.1, 0.15) is 0 Å². The van der Waals surface area contributed by atoms with Crippen LogP contribution in [0.2, 0.25) is 0 Å². The van der Waals surface area contributed by atoms with Gasteiger partial charge in [-0.1, -0.05) is 42.5 Å². The monoisotopic (exact) mass is 409 g/mol. The van der Waals surface area contributed by atoms with E-state index in [1.54, 1.807) is 0 Å². The van der Waals surface area contributed by atoms with Gasteiger partial charge in [0.2, 0.25) is 0 Å². The van der Waals surface area contributed by atoms with Crippen LogP contribution < -0.4 is 5.32 Å². The first-order valence-electron chi connectivity index (χ1n) is 11.5. The third kappa shape index (κ3) is 5.73. The van der Waals surface area contributed by atoms with E-state index in [2.05, 4.69) is 57.7 Å². The summed E-state index contributed by atoms with van der Waals surface area (Å²) in [6, 6.07) is 15.3. The molecule has 4 rings (SSSR count). The van der Waals surface area contributed by atoms with Crippen molar-refractivity contribution in [1.29, 1.82) is 0 Å². The lowest BCUT2D eigenvalue weighted by molar-refractivity contribution is -0.0721. The van der Waals surface area contributed by atoms with Gasteiger partial charge in [0.15, 0.2) is 5.96 Å². The minimum Gasteiger partial charge on any atom is -0.376 e. The lowest BCUT2D eigenvalue weighted by Gasteiger charge is -2.35. The lowest BCUT2D eigenvalue weighted by atomic mass is 10.1. The maximum atomic E-state index is 6.15. The fourth-order valence-corrected chi connectivity index (χ4v) is 4.46. The van der Waals surface area contributed by atoms with Crippen LogP contribution in [0.25, 0.3) is 10.8 Å². The zero-order chi connectivity index (χ0) is 20.6. The van der Waals surface area contributed by atoms with E-state index in [4.69, 9.17) is 9.47 Å². The molecule has 2 aromatic rings. The van der Waals surface area contributed by atoms with Crippen LogP contribution in [0.1, 0.15) is 37.7 Å². The maximum absolute atomic E-state index is 6.15. The Morgan fingerprint density at radius 3 is 2.70 bits per heavy atom. The van der Waals surface area contributed by atoms with Gasteiger partial charge in [-0.25, -0.2) is 0 Å². The maximum Gasteiger partial charge on any atom is 0.193 e. The number of aliphatic imine (C=N–C) groups is 1. The van der Waals surface area contributed by atoms with Gasteiger partial charge in [0.05, 0.1) is 18.8 Å². The summed E-state index contributed by atoms with van der Waals surface area (Å²) in [5, 5.41) is 6.15. The number of piperidine rings is 1. The largest absolute Gasteiger partial charge is 0.376 e. The third-order valence-corrected chi connectivity index (χ3v) is 6.26. The van der Waals surface area contributed by atoms with Crippen LogP contribution >= 0.6 is 0 Å². The number of rotatable bonds is 6. The number of nitrogens with one attached hydrogen (secondary N) is 1. The highest BCUT2D eigenvalue weighted by molar-refractivity contribution is 5.83. The number of hydrogen-bond donors (Lipinski definition) is 1. The number of benzene rings is 2. The molecule has 0 aromatic heterocycles. The Morgan fingerprint density at radius 2 is 1.93 bits per heavy atom. The van der Waals surface area contributed by atoms with E-state index in [-0.39, 0.29) is 0 Å². The summed E-state index contributed by atoms with van der Waals surface area (Å²) in [6.45, 7) is 4.52. The summed E-state index contributed by atoms with van der Waals surface area (Å²) in [6.07, 6.45) is 7.37. The smallest absolute Gasteiger partial charge is 0.193 e. The van der Waals surface area contributed by atoms with Gasteiger partial charge in [-0.15, -0.1) is 0 Å². The fourth-order valence-electron chi connectivity index (χ4n) is 4.46. The first kappa shape index (κ1) is 21.1. The van der Waals surface area contributed by atoms with Crippen LogP contribution in [0.15, 0.2) is 47.5 Å². The molecule has 1 unspecified atom stereocenters. The van der Waals surface area contributed by atoms with Crippen LogP contribution in [0.5, 0.6) is 0 Å². The van der Waals surface area contributed by atoms with E-state index >= 15 is 0 Å². The molecule has 5 heteroatoms. The van der Waals surface area contributed by atoms with Crippen molar-refractivity contribution in [2.24, 2.45) is 4.99 Å². The highest BCUT2D eigenvalue weighted by atomic mass is 16.5. The molecule has 0 aliphatic carbocycles. The average molecular weight is 410 g/mol. The number of hydrogen-bond acceptors (Lipinski definition) is 3. The zero-order valence-corrected chi connectivity index (χ0v) is 18.2. The molecular formula is C25H35N3O2. The molecule has 162 valence electrons. The standard InChI is InChI=1S/C25H35N3O2/c1-26-25(27-14-11-20-9-10-21-6-2-3-7-22(21)18-20)28-15-12-23(13-16-28)30-19-24-8-4-5-17-29-24/h2-3,6-7,9-10,18,23-24H,4-5,8,11-17,19H2,1H3,(H,26,27). The highest BCUT2D eigenvalue weighted by Crippen LogP contribution is 2.18. The van der Waals surface area contributed by atoms with Crippen LogP contribution in [-0.4, -0.2) is 63.0 Å². The minimum atomic E-state index is 0.307. The molecule has 0 saturated carbocycles. The predicted molar refractivity (Wildman–Crippen MR) is 123 cm³/mol. The SMILES string of the molecule is CN=C(NCCc1ccc2ccccc2c1)N1CCC(OCC2CCCCO2)CC1. The lowest BCUT2D eigenvalue weighted by Crippen LogP contribution is -2.47. The molecule has 2 aliphatic rings. The van der Waals surface area contributed by atoms with E-state index in [1.807, 2.05) is 7.05 Å². The molecule has 2 aliphatic heterocycles. The van der Waals surface area contributed by atoms with Crippen molar-refractivity contribution in [3.8, 4) is 0 Å². The zero-order valence-electron chi connectivity index (χ0n) is 18.2. The van der Waals surface area contributed by atoms with Crippen LogP contribution in [0.4, 0.5) is 0 Å². The van der Waals surface area contributed by atoms with Crippen molar-refractivity contribution in [3.63, 3.8) is 0 Å². The molecule has 0 spiro atoms. The molecule has 2 saturated heterocycles. The Labute approximate surface area is 180 Å². The van der Waals surface area contributed by atoms with E-state index in [9.17, 15) is 0 Å². The summed E-state index contributed by atoms with van der Waals surface area (Å²) in [5.41, 5.74) is 1.36. The summed E-state index contributed by atoms with van der Waals surface area (Å²) < 4.78 is 11.9. The van der Waals surface area contributed by atoms with Crippen LogP contribution in [0.3, 0.4) is 0 Å². The fraction of sp³-hybridized carbons (Fsp3) is 0.560. The quantitative estimate of drug-likeness (QED) is 0.578. The van der Waals surface area contributed by atoms with E-state index in [1.165, 1.54) is 29.2 Å². The summed E-state index contributed by atoms with van der Waals surface area (Å²) in [7, 11) is 1.88. The van der Waals surface area contributed by atoms with Crippen LogP contribution in [-0.2, 0) is 15.9 Å². The Kier molecular flexibility index (Phi) is 7.59. The molecule has 1 atom stereocenters. The van der Waals surface area contributed by atoms with Crippen molar-refractivity contribution in [2.45, 2.75) is 50.7 Å². The number of fused-ring (bicyclic) bond motifs is 1. The van der Waals surface area contributed by atoms with Crippen molar-refractivity contribution in [3.05, 3.63) is 48.0 Å². The normalized spacial score (nSPS) is 21.2. The molecule has 1 N–H and O–H groups in total. The van der Waals surface area contributed by atoms with E-state index in [0.717, 1.165) is 64.5 Å². The van der Waals surface area contributed by atoms with Crippen molar-refractivity contribution >= 4 is 16.7 Å². The van der Waals surface area contributed by atoms with Gasteiger partial charge in [-0.05, 0) is 54.9 Å². The highest BCUT2D eigenvalue weighted by Gasteiger charge is 2.23. The van der Waals surface area contributed by atoms with Crippen LogP contribution in [0, 0.1) is 0 Å². The van der Waals surface area contributed by atoms with Crippen molar-refractivity contribution in [1.82, 2.24) is 10.2 Å². The third-order valence-electron chi connectivity index (χ3n) is 6.26. The summed E-state index contributed by atoms with van der Waals surface area (Å²) in [5.74, 6) is 1.00. The molecule has 2 heterocycles. The predicted octanol–water partition coefficient (Wildman–Crippen LogP) is 4.01. The molecule has 0 bridgehead atoms. The second kappa shape index (κ2) is 10.8. The van der Waals surface area contributed by atoms with Gasteiger partial charge in [-0.2, -0.15) is 0 Å². The topological polar surface area (TPSA) is 46.1 Å². The number of nitrogens with zero attached hydrogens (tertiary/aromatic N) is 2. The molecule has 30 heavy (non-hydrogen) atoms. The minimum absolute atomic E-state index is 0.307. The van der Waals surface area contributed by atoms with Crippen molar-refractivity contribution in [2.75, 3.05) is 39.9 Å². The molecule has 2 fully saturated rings. The van der Waals surface area contributed by atoms with Gasteiger partial charge >= 0.3 is 0 Å². The second-order valence-electron chi connectivity index (χ2n) is 8.41. The average Bonchev–Trinajstić information content (AvgIpc) is 2.81. The van der Waals surface area contributed by atoms with Gasteiger partial charge in [0, 0.05) is 33.3 Å². The first-order valence-corrected chi connectivity index (χ1v) is 11.5. The van der Waals surface area contributed by atoms with Crippen molar-refractivity contribution < 1.29 is 9.47 Å². The molecule has 0 radical (unpaired) electrons. The molecule has 0 amide bonds. The Bertz CT molecular complexity index is 824. The Balaban J connectivity index is 1.19. The molecular weight excluding hydrogens is 374 g/mol.